The molecule has 1 heterocycles. The number of carbonyl (C=O) groups excluding carboxylic acids is 1. The van der Waals surface area contributed by atoms with Crippen molar-refractivity contribution in [2.24, 2.45) is 0 Å². The van der Waals surface area contributed by atoms with Crippen molar-refractivity contribution in [1.82, 2.24) is 9.97 Å². The second-order valence-electron chi connectivity index (χ2n) is 4.11. The second-order valence-corrected chi connectivity index (χ2v) is 4.11. The summed E-state index contributed by atoms with van der Waals surface area (Å²) in [6.45, 7) is 4.11. The van der Waals surface area contributed by atoms with Crippen LogP contribution in [0.5, 0.6) is 0 Å². The molecule has 0 atom stereocenters. The molecule has 1 aromatic carbocycles. The summed E-state index contributed by atoms with van der Waals surface area (Å²) in [5, 5.41) is 0. The average Bonchev–Trinajstić information content (AvgIpc) is 2.35. The maximum absolute atomic E-state index is 11.9. The van der Waals surface area contributed by atoms with Crippen LogP contribution in [-0.2, 0) is 6.42 Å². The SMILES string of the molecule is Cc1ccc(CC(=O)c2ccncn2)cc1C. The summed E-state index contributed by atoms with van der Waals surface area (Å²) in [6.07, 6.45) is 3.37. The predicted molar refractivity (Wildman–Crippen MR) is 66.0 cm³/mol. The Morgan fingerprint density at radius 3 is 2.65 bits per heavy atom. The van der Waals surface area contributed by atoms with E-state index in [1.165, 1.54) is 17.5 Å². The highest BCUT2D eigenvalue weighted by atomic mass is 16.1. The third-order valence-corrected chi connectivity index (χ3v) is 2.80. The fraction of sp³-hybridized carbons (Fsp3) is 0.214. The van der Waals surface area contributed by atoms with Crippen LogP contribution in [0, 0.1) is 13.8 Å². The lowest BCUT2D eigenvalue weighted by Crippen LogP contribution is -2.06. The van der Waals surface area contributed by atoms with Gasteiger partial charge in [-0.25, -0.2) is 9.97 Å². The zero-order valence-corrected chi connectivity index (χ0v) is 9.97. The molecular formula is C14H14N2O. The molecule has 3 heteroatoms. The molecule has 0 aliphatic heterocycles. The Kier molecular flexibility index (Phi) is 3.28. The van der Waals surface area contributed by atoms with Gasteiger partial charge in [0.25, 0.3) is 0 Å². The molecule has 0 aliphatic rings. The molecule has 17 heavy (non-hydrogen) atoms. The predicted octanol–water partition coefficient (Wildman–Crippen LogP) is 2.52. The minimum absolute atomic E-state index is 0.0238. The van der Waals surface area contributed by atoms with E-state index in [1.807, 2.05) is 19.1 Å². The van der Waals surface area contributed by atoms with Gasteiger partial charge in [0.05, 0.1) is 0 Å². The van der Waals surface area contributed by atoms with E-state index in [1.54, 1.807) is 12.3 Å². The van der Waals surface area contributed by atoms with Gasteiger partial charge >= 0.3 is 0 Å². The highest BCUT2D eigenvalue weighted by molar-refractivity contribution is 5.95. The first kappa shape index (κ1) is 11.5. The van der Waals surface area contributed by atoms with Crippen LogP contribution in [0.3, 0.4) is 0 Å². The van der Waals surface area contributed by atoms with E-state index in [0.29, 0.717) is 12.1 Å². The van der Waals surface area contributed by atoms with Crippen molar-refractivity contribution in [2.45, 2.75) is 20.3 Å². The van der Waals surface area contributed by atoms with Crippen molar-refractivity contribution >= 4 is 5.78 Å². The minimum Gasteiger partial charge on any atom is -0.292 e. The number of aromatic nitrogens is 2. The van der Waals surface area contributed by atoms with E-state index >= 15 is 0 Å². The summed E-state index contributed by atoms with van der Waals surface area (Å²) in [7, 11) is 0. The molecule has 2 aromatic rings. The van der Waals surface area contributed by atoms with Gasteiger partial charge in [0.15, 0.2) is 5.78 Å². The Labute approximate surface area is 101 Å². The van der Waals surface area contributed by atoms with Crippen molar-refractivity contribution in [2.75, 3.05) is 0 Å². The molecule has 3 nitrogen and oxygen atoms in total. The van der Waals surface area contributed by atoms with Gasteiger partial charge in [0.2, 0.25) is 0 Å². The number of aryl methyl sites for hydroxylation is 2. The number of rotatable bonds is 3. The van der Waals surface area contributed by atoms with E-state index in [2.05, 4.69) is 23.0 Å². The molecule has 86 valence electrons. The maximum Gasteiger partial charge on any atom is 0.185 e. The number of nitrogens with zero attached hydrogens (tertiary/aromatic N) is 2. The molecule has 0 unspecified atom stereocenters. The van der Waals surface area contributed by atoms with Gasteiger partial charge in [-0.1, -0.05) is 18.2 Å². The van der Waals surface area contributed by atoms with E-state index < -0.39 is 0 Å². The Hall–Kier alpha value is -2.03. The molecule has 0 amide bonds. The molecule has 0 bridgehead atoms. The van der Waals surface area contributed by atoms with Crippen LogP contribution in [-0.4, -0.2) is 15.8 Å². The fourth-order valence-electron chi connectivity index (χ4n) is 1.65. The third-order valence-electron chi connectivity index (χ3n) is 2.80. The van der Waals surface area contributed by atoms with Crippen molar-refractivity contribution in [3.63, 3.8) is 0 Å². The smallest absolute Gasteiger partial charge is 0.185 e. The van der Waals surface area contributed by atoms with E-state index in [9.17, 15) is 4.79 Å². The number of hydrogen-bond acceptors (Lipinski definition) is 3. The summed E-state index contributed by atoms with van der Waals surface area (Å²) >= 11 is 0. The first-order chi connectivity index (χ1) is 8.16. The van der Waals surface area contributed by atoms with Gasteiger partial charge < -0.3 is 0 Å². The van der Waals surface area contributed by atoms with E-state index in [-0.39, 0.29) is 5.78 Å². The molecule has 0 saturated heterocycles. The number of benzene rings is 1. The first-order valence-electron chi connectivity index (χ1n) is 5.52. The van der Waals surface area contributed by atoms with Crippen LogP contribution in [0.25, 0.3) is 0 Å². The molecule has 0 spiro atoms. The lowest BCUT2D eigenvalue weighted by molar-refractivity contribution is 0.0988. The number of ketones is 1. The lowest BCUT2D eigenvalue weighted by atomic mass is 10.0. The topological polar surface area (TPSA) is 42.9 Å². The van der Waals surface area contributed by atoms with Crippen molar-refractivity contribution < 1.29 is 4.79 Å². The summed E-state index contributed by atoms with van der Waals surface area (Å²) in [5.74, 6) is 0.0238. The Bertz CT molecular complexity index is 535. The molecule has 2 rings (SSSR count). The lowest BCUT2D eigenvalue weighted by Gasteiger charge is -2.04. The van der Waals surface area contributed by atoms with Gasteiger partial charge in [-0.05, 0) is 36.6 Å². The van der Waals surface area contributed by atoms with Crippen LogP contribution in [0.1, 0.15) is 27.2 Å². The molecular weight excluding hydrogens is 212 g/mol. The quantitative estimate of drug-likeness (QED) is 0.755. The standard InChI is InChI=1S/C14H14N2O/c1-10-3-4-12(7-11(10)2)8-14(17)13-5-6-15-9-16-13/h3-7,9H,8H2,1-2H3. The molecule has 0 fully saturated rings. The Balaban J connectivity index is 2.16. The largest absolute Gasteiger partial charge is 0.292 e. The third kappa shape index (κ3) is 2.75. The first-order valence-corrected chi connectivity index (χ1v) is 5.52. The summed E-state index contributed by atoms with van der Waals surface area (Å²) < 4.78 is 0. The van der Waals surface area contributed by atoms with E-state index in [4.69, 9.17) is 0 Å². The molecule has 1 aromatic heterocycles. The van der Waals surface area contributed by atoms with Gasteiger partial charge in [-0.3, -0.25) is 4.79 Å². The van der Waals surface area contributed by atoms with Gasteiger partial charge in [-0.2, -0.15) is 0 Å². The van der Waals surface area contributed by atoms with Crippen molar-refractivity contribution in [3.8, 4) is 0 Å². The Morgan fingerprint density at radius 2 is 2.00 bits per heavy atom. The zero-order valence-electron chi connectivity index (χ0n) is 9.97. The maximum atomic E-state index is 11.9. The number of Topliss-reactive ketones (excluding diaryl/α,β-unsaturated/α-hetero) is 1. The minimum atomic E-state index is 0.0238. The summed E-state index contributed by atoms with van der Waals surface area (Å²) in [5.41, 5.74) is 3.94. The molecule has 0 aliphatic carbocycles. The second kappa shape index (κ2) is 4.87. The molecule has 0 N–H and O–H groups in total. The summed E-state index contributed by atoms with van der Waals surface area (Å²) in [6, 6.07) is 7.72. The van der Waals surface area contributed by atoms with Crippen molar-refractivity contribution in [3.05, 3.63) is 59.2 Å². The number of carbonyl (C=O) groups is 1. The zero-order chi connectivity index (χ0) is 12.3. The van der Waals surface area contributed by atoms with Crippen LogP contribution >= 0.6 is 0 Å². The molecule has 0 saturated carbocycles. The normalized spacial score (nSPS) is 10.2. The van der Waals surface area contributed by atoms with Gasteiger partial charge in [0, 0.05) is 12.6 Å². The van der Waals surface area contributed by atoms with E-state index in [0.717, 1.165) is 5.56 Å². The fourth-order valence-corrected chi connectivity index (χ4v) is 1.65. The Morgan fingerprint density at radius 1 is 1.18 bits per heavy atom. The van der Waals surface area contributed by atoms with Gasteiger partial charge in [-0.15, -0.1) is 0 Å². The van der Waals surface area contributed by atoms with Crippen LogP contribution in [0.4, 0.5) is 0 Å². The number of hydrogen-bond donors (Lipinski definition) is 0. The monoisotopic (exact) mass is 226 g/mol. The van der Waals surface area contributed by atoms with Gasteiger partial charge in [0.1, 0.15) is 12.0 Å². The van der Waals surface area contributed by atoms with Crippen LogP contribution in [0.2, 0.25) is 0 Å². The highest BCUT2D eigenvalue weighted by Gasteiger charge is 2.08. The van der Waals surface area contributed by atoms with Crippen LogP contribution in [0.15, 0.2) is 36.8 Å². The molecule has 0 radical (unpaired) electrons. The van der Waals surface area contributed by atoms with Crippen molar-refractivity contribution in [1.29, 1.82) is 0 Å². The summed E-state index contributed by atoms with van der Waals surface area (Å²) in [4.78, 5) is 19.7. The van der Waals surface area contributed by atoms with Crippen LogP contribution < -0.4 is 0 Å². The highest BCUT2D eigenvalue weighted by Crippen LogP contribution is 2.11. The average molecular weight is 226 g/mol.